The molecule has 0 aromatic heterocycles. The van der Waals surface area contributed by atoms with E-state index in [2.05, 4.69) is 0 Å². The number of sulfone groups is 1. The highest BCUT2D eigenvalue weighted by atomic mass is 127. The highest BCUT2D eigenvalue weighted by Gasteiger charge is 2.26. The molecule has 1 heterocycles. The number of carbonyl (C=O) groups excluding carboxylic acids is 2. The Morgan fingerprint density at radius 1 is 0.947 bits per heavy atom. The highest BCUT2D eigenvalue weighted by molar-refractivity contribution is 14.2. The van der Waals surface area contributed by atoms with Crippen LogP contribution < -0.4 is 4.90 Å². The molecule has 0 fully saturated rings. The van der Waals surface area contributed by atoms with Crippen molar-refractivity contribution in [2.24, 2.45) is 0 Å². The van der Waals surface area contributed by atoms with Crippen LogP contribution in [0.3, 0.4) is 0 Å². The van der Waals surface area contributed by atoms with Gasteiger partial charge in [0.1, 0.15) is 0 Å². The van der Waals surface area contributed by atoms with E-state index in [0.29, 0.717) is 5.69 Å². The fraction of sp³-hybridized carbons (Fsp3) is 0.0909. The van der Waals surface area contributed by atoms with E-state index < -0.39 is 22.9 Å². The van der Waals surface area contributed by atoms with Gasteiger partial charge in [0.25, 0.3) is 11.8 Å². The van der Waals surface area contributed by atoms with E-state index in [1.54, 1.807) is 0 Å². The maximum absolute atomic E-state index is 11.9. The molecule has 2 amide bonds. The Morgan fingerprint density at radius 2 is 1.42 bits per heavy atom. The second-order valence-corrected chi connectivity index (χ2v) is 12.2. The normalized spacial score (nSPS) is 15.6. The molecule has 1 aliphatic heterocycles. The first-order chi connectivity index (χ1) is 8.84. The summed E-state index contributed by atoms with van der Waals surface area (Å²) in [5.41, 5.74) is 0.359. The monoisotopic (exact) mass is 503 g/mol. The molecule has 0 spiro atoms. The molecule has 0 bridgehead atoms. The van der Waals surface area contributed by atoms with E-state index in [9.17, 15) is 18.0 Å². The van der Waals surface area contributed by atoms with Gasteiger partial charge in [-0.3, -0.25) is 9.59 Å². The topological polar surface area (TPSA) is 71.5 Å². The third-order valence-corrected chi connectivity index (χ3v) is 7.88. The van der Waals surface area contributed by atoms with Crippen molar-refractivity contribution in [3.05, 3.63) is 36.4 Å². The molecular formula is C11H7I2NO4S. The lowest BCUT2D eigenvalue weighted by Gasteiger charge is -2.14. The predicted octanol–water partition coefficient (Wildman–Crippen LogP) is 2.04. The van der Waals surface area contributed by atoms with Gasteiger partial charge in [-0.15, -0.1) is 0 Å². The smallest absolute Gasteiger partial charge is 0.258 e. The van der Waals surface area contributed by atoms with Crippen molar-refractivity contribution in [2.75, 3.05) is 4.90 Å². The molecule has 100 valence electrons. The summed E-state index contributed by atoms with van der Waals surface area (Å²) in [7, 11) is -3.37. The van der Waals surface area contributed by atoms with E-state index in [1.165, 1.54) is 36.4 Å². The average molecular weight is 503 g/mol. The van der Waals surface area contributed by atoms with E-state index >= 15 is 0 Å². The summed E-state index contributed by atoms with van der Waals surface area (Å²) in [4.78, 5) is 24.1. The lowest BCUT2D eigenvalue weighted by molar-refractivity contribution is -0.119. The summed E-state index contributed by atoms with van der Waals surface area (Å²) < 4.78 is 23.3. The highest BCUT2D eigenvalue weighted by Crippen LogP contribution is 2.28. The first-order valence-corrected chi connectivity index (χ1v) is 9.06. The fourth-order valence-corrected chi connectivity index (χ4v) is 4.03. The second-order valence-electron chi connectivity index (χ2n) is 3.64. The first-order valence-electron chi connectivity index (χ1n) is 5.02. The minimum absolute atomic E-state index is 0.164. The standard InChI is InChI=1S/C11H7I2NO4S/c12-11(13)19(17,18)8-3-1-7(2-4-8)14-9(15)5-6-10(14)16/h1-6,11H. The fourth-order valence-electron chi connectivity index (χ4n) is 1.54. The SMILES string of the molecule is O=C1C=CC(=O)N1c1ccc(S(=O)(=O)C(I)I)cc1. The largest absolute Gasteiger partial charge is 0.269 e. The van der Waals surface area contributed by atoms with Crippen LogP contribution in [0, 0.1) is 0 Å². The number of halogens is 2. The van der Waals surface area contributed by atoms with E-state index in [4.69, 9.17) is 0 Å². The molecule has 0 saturated heterocycles. The van der Waals surface area contributed by atoms with Gasteiger partial charge in [0.15, 0.2) is 11.1 Å². The maximum atomic E-state index is 11.9. The Labute approximate surface area is 137 Å². The van der Waals surface area contributed by atoms with Crippen LogP contribution in [0.1, 0.15) is 0 Å². The van der Waals surface area contributed by atoms with Crippen molar-refractivity contribution in [2.45, 2.75) is 6.16 Å². The van der Waals surface area contributed by atoms with Crippen LogP contribution >= 0.6 is 45.2 Å². The van der Waals surface area contributed by atoms with Crippen LogP contribution in [0.5, 0.6) is 0 Å². The number of hydrogen-bond donors (Lipinski definition) is 0. The average Bonchev–Trinajstić information content (AvgIpc) is 2.69. The van der Waals surface area contributed by atoms with Gasteiger partial charge < -0.3 is 0 Å². The van der Waals surface area contributed by atoms with Crippen LogP contribution in [0.2, 0.25) is 0 Å². The number of alkyl halides is 2. The van der Waals surface area contributed by atoms with Gasteiger partial charge in [-0.05, 0) is 24.3 Å². The minimum Gasteiger partial charge on any atom is -0.269 e. The molecule has 1 aromatic carbocycles. The number of benzene rings is 1. The van der Waals surface area contributed by atoms with Gasteiger partial charge in [-0.1, -0.05) is 45.2 Å². The Kier molecular flexibility index (Phi) is 4.30. The Bertz CT molecular complexity index is 646. The van der Waals surface area contributed by atoms with Gasteiger partial charge in [-0.25, -0.2) is 13.3 Å². The van der Waals surface area contributed by atoms with E-state index in [-0.39, 0.29) is 4.90 Å². The molecule has 2 rings (SSSR count). The van der Waals surface area contributed by atoms with E-state index in [1.807, 2.05) is 45.2 Å². The van der Waals surface area contributed by atoms with Crippen LogP contribution in [0.25, 0.3) is 0 Å². The lowest BCUT2D eigenvalue weighted by atomic mass is 10.3. The van der Waals surface area contributed by atoms with Crippen molar-refractivity contribution in [1.29, 1.82) is 0 Å². The van der Waals surface area contributed by atoms with Gasteiger partial charge in [-0.2, -0.15) is 0 Å². The van der Waals surface area contributed by atoms with Gasteiger partial charge in [0, 0.05) is 12.2 Å². The maximum Gasteiger partial charge on any atom is 0.258 e. The summed E-state index contributed by atoms with van der Waals surface area (Å²) in [6, 6.07) is 5.69. The van der Waals surface area contributed by atoms with Gasteiger partial charge in [0.2, 0.25) is 0 Å². The molecule has 0 unspecified atom stereocenters. The van der Waals surface area contributed by atoms with Gasteiger partial charge >= 0.3 is 0 Å². The number of imide groups is 1. The van der Waals surface area contributed by atoms with E-state index in [0.717, 1.165) is 4.90 Å². The molecular weight excluding hydrogens is 496 g/mol. The lowest BCUT2D eigenvalue weighted by Crippen LogP contribution is -2.29. The zero-order valence-electron chi connectivity index (χ0n) is 9.29. The number of anilines is 1. The minimum atomic E-state index is -3.37. The van der Waals surface area contributed by atoms with Crippen LogP contribution in [0.4, 0.5) is 5.69 Å². The molecule has 0 saturated carbocycles. The van der Waals surface area contributed by atoms with Crippen molar-refractivity contribution < 1.29 is 18.0 Å². The first kappa shape index (κ1) is 14.9. The zero-order chi connectivity index (χ0) is 14.2. The van der Waals surface area contributed by atoms with Crippen molar-refractivity contribution in [3.63, 3.8) is 0 Å². The number of nitrogens with zero attached hydrogens (tertiary/aromatic N) is 1. The van der Waals surface area contributed by atoms with Crippen LogP contribution in [-0.2, 0) is 19.4 Å². The molecule has 1 aromatic rings. The van der Waals surface area contributed by atoms with Crippen molar-refractivity contribution in [1.82, 2.24) is 0 Å². The molecule has 1 aliphatic rings. The summed E-state index contributed by atoms with van der Waals surface area (Å²) in [5.74, 6) is -0.859. The number of amides is 2. The summed E-state index contributed by atoms with van der Waals surface area (Å²) in [5, 5.41) is 0. The molecule has 0 radical (unpaired) electrons. The van der Waals surface area contributed by atoms with Crippen LogP contribution in [0.15, 0.2) is 41.3 Å². The third-order valence-electron chi connectivity index (χ3n) is 2.47. The van der Waals surface area contributed by atoms with Crippen LogP contribution in [-0.4, -0.2) is 21.5 Å². The molecule has 5 nitrogen and oxygen atoms in total. The quantitative estimate of drug-likeness (QED) is 0.360. The second kappa shape index (κ2) is 5.48. The Morgan fingerprint density at radius 3 is 1.84 bits per heavy atom. The zero-order valence-corrected chi connectivity index (χ0v) is 14.4. The van der Waals surface area contributed by atoms with Crippen molar-refractivity contribution in [3.8, 4) is 0 Å². The Balaban J connectivity index is 2.35. The number of rotatable bonds is 3. The molecule has 8 heteroatoms. The summed E-state index contributed by atoms with van der Waals surface area (Å²) >= 11 is 3.62. The number of hydrogen-bond acceptors (Lipinski definition) is 4. The molecule has 0 atom stereocenters. The summed E-state index contributed by atoms with van der Waals surface area (Å²) in [6.45, 7) is 0. The molecule has 0 N–H and O–H groups in total. The molecule has 0 aliphatic carbocycles. The Hall–Kier alpha value is -0.490. The third kappa shape index (κ3) is 2.84. The number of carbonyl (C=O) groups is 2. The van der Waals surface area contributed by atoms with Gasteiger partial charge in [0.05, 0.1) is 10.6 Å². The molecule has 19 heavy (non-hydrogen) atoms. The predicted molar refractivity (Wildman–Crippen MR) is 87.1 cm³/mol. The van der Waals surface area contributed by atoms with Crippen molar-refractivity contribution >= 4 is 72.5 Å². The summed E-state index contributed by atoms with van der Waals surface area (Å²) in [6.07, 6.45) is 2.36.